The van der Waals surface area contributed by atoms with Crippen LogP contribution in [0, 0.1) is 0 Å². The van der Waals surface area contributed by atoms with Gasteiger partial charge in [0.15, 0.2) is 5.78 Å². The molecule has 0 fully saturated rings. The minimum Gasteiger partial charge on any atom is -0.489 e. The van der Waals surface area contributed by atoms with Gasteiger partial charge in [0.1, 0.15) is 5.75 Å². The average Bonchev–Trinajstić information content (AvgIpc) is 2.25. The standard InChI is InChI=1S/C13H20N2O2/c1-10(2)17-12-7-11(8-14-9-12)13(16)5-6-15(3)4/h7-10H,5-6H2,1-4H3. The zero-order valence-electron chi connectivity index (χ0n) is 10.9. The van der Waals surface area contributed by atoms with E-state index in [2.05, 4.69) is 4.98 Å². The lowest BCUT2D eigenvalue weighted by Crippen LogP contribution is -2.17. The van der Waals surface area contributed by atoms with Crippen molar-refractivity contribution in [3.63, 3.8) is 0 Å². The first-order valence-corrected chi connectivity index (χ1v) is 5.78. The van der Waals surface area contributed by atoms with E-state index in [9.17, 15) is 4.79 Å². The molecule has 0 amide bonds. The molecule has 1 rings (SSSR count). The van der Waals surface area contributed by atoms with Crippen molar-refractivity contribution in [2.45, 2.75) is 26.4 Å². The van der Waals surface area contributed by atoms with Crippen LogP contribution in [0.2, 0.25) is 0 Å². The van der Waals surface area contributed by atoms with E-state index in [1.807, 2.05) is 32.8 Å². The number of carbonyl (C=O) groups is 1. The number of ketones is 1. The maximum absolute atomic E-state index is 11.9. The number of pyridine rings is 1. The van der Waals surface area contributed by atoms with Crippen molar-refractivity contribution in [1.29, 1.82) is 0 Å². The zero-order chi connectivity index (χ0) is 12.8. The van der Waals surface area contributed by atoms with Crippen molar-refractivity contribution >= 4 is 5.78 Å². The van der Waals surface area contributed by atoms with Gasteiger partial charge in [0.2, 0.25) is 0 Å². The summed E-state index contributed by atoms with van der Waals surface area (Å²) >= 11 is 0. The van der Waals surface area contributed by atoms with E-state index in [1.54, 1.807) is 18.5 Å². The van der Waals surface area contributed by atoms with E-state index in [0.29, 0.717) is 17.7 Å². The Labute approximate surface area is 103 Å². The fourth-order valence-corrected chi connectivity index (χ4v) is 1.38. The number of ether oxygens (including phenoxy) is 1. The number of Topliss-reactive ketones (excluding diaryl/α,β-unsaturated/α-hetero) is 1. The maximum atomic E-state index is 11.9. The molecule has 0 spiro atoms. The molecule has 0 bridgehead atoms. The summed E-state index contributed by atoms with van der Waals surface area (Å²) in [6.45, 7) is 4.63. The molecule has 94 valence electrons. The van der Waals surface area contributed by atoms with Crippen molar-refractivity contribution in [2.24, 2.45) is 0 Å². The Balaban J connectivity index is 2.67. The molecule has 0 radical (unpaired) electrons. The molecule has 4 heteroatoms. The van der Waals surface area contributed by atoms with Gasteiger partial charge in [-0.05, 0) is 34.0 Å². The average molecular weight is 236 g/mol. The Bertz CT molecular complexity index is 375. The molecule has 1 aromatic heterocycles. The lowest BCUT2D eigenvalue weighted by Gasteiger charge is -2.11. The third-order valence-electron chi connectivity index (χ3n) is 2.19. The van der Waals surface area contributed by atoms with E-state index in [0.717, 1.165) is 6.54 Å². The van der Waals surface area contributed by atoms with Crippen LogP contribution in [0.15, 0.2) is 18.5 Å². The minimum absolute atomic E-state index is 0.0870. The minimum atomic E-state index is 0.0870. The highest BCUT2D eigenvalue weighted by Gasteiger charge is 2.08. The topological polar surface area (TPSA) is 42.4 Å². The lowest BCUT2D eigenvalue weighted by molar-refractivity contribution is 0.0971. The predicted octanol–water partition coefficient (Wildman–Crippen LogP) is 2.00. The fourth-order valence-electron chi connectivity index (χ4n) is 1.38. The third-order valence-corrected chi connectivity index (χ3v) is 2.19. The van der Waals surface area contributed by atoms with E-state index in [1.165, 1.54) is 0 Å². The van der Waals surface area contributed by atoms with Crippen molar-refractivity contribution in [1.82, 2.24) is 9.88 Å². The molecule has 0 saturated heterocycles. The van der Waals surface area contributed by atoms with Gasteiger partial charge in [0.05, 0.1) is 12.3 Å². The monoisotopic (exact) mass is 236 g/mol. The van der Waals surface area contributed by atoms with Gasteiger partial charge in [-0.3, -0.25) is 9.78 Å². The molecule has 0 aromatic carbocycles. The van der Waals surface area contributed by atoms with Gasteiger partial charge in [0, 0.05) is 24.7 Å². The second-order valence-corrected chi connectivity index (χ2v) is 4.55. The largest absolute Gasteiger partial charge is 0.489 e. The first-order valence-electron chi connectivity index (χ1n) is 5.78. The summed E-state index contributed by atoms with van der Waals surface area (Å²) in [5.41, 5.74) is 0.616. The molecule has 1 aromatic rings. The lowest BCUT2D eigenvalue weighted by atomic mass is 10.1. The summed E-state index contributed by atoms with van der Waals surface area (Å²) in [7, 11) is 3.90. The molecule has 17 heavy (non-hydrogen) atoms. The molecule has 0 unspecified atom stereocenters. The molecule has 0 aliphatic rings. The van der Waals surface area contributed by atoms with Crippen LogP contribution in [0.25, 0.3) is 0 Å². The molecular formula is C13H20N2O2. The molecular weight excluding hydrogens is 216 g/mol. The first-order chi connectivity index (χ1) is 7.99. The second kappa shape index (κ2) is 6.35. The van der Waals surface area contributed by atoms with Crippen molar-refractivity contribution < 1.29 is 9.53 Å². The molecule has 0 aliphatic carbocycles. The zero-order valence-corrected chi connectivity index (χ0v) is 10.9. The van der Waals surface area contributed by atoms with Gasteiger partial charge in [0.25, 0.3) is 0 Å². The quantitative estimate of drug-likeness (QED) is 0.708. The molecule has 0 N–H and O–H groups in total. The molecule has 0 saturated carbocycles. The number of hydrogen-bond acceptors (Lipinski definition) is 4. The fraction of sp³-hybridized carbons (Fsp3) is 0.538. The van der Waals surface area contributed by atoms with Crippen LogP contribution < -0.4 is 4.74 Å². The summed E-state index contributed by atoms with van der Waals surface area (Å²) in [6, 6.07) is 1.75. The summed E-state index contributed by atoms with van der Waals surface area (Å²) in [6.07, 6.45) is 3.80. The van der Waals surface area contributed by atoms with Crippen LogP contribution in [0.3, 0.4) is 0 Å². The molecule has 0 atom stereocenters. The van der Waals surface area contributed by atoms with Crippen LogP contribution >= 0.6 is 0 Å². The van der Waals surface area contributed by atoms with Gasteiger partial charge in [-0.1, -0.05) is 0 Å². The van der Waals surface area contributed by atoms with Crippen molar-refractivity contribution in [3.8, 4) is 5.75 Å². The van der Waals surface area contributed by atoms with E-state index in [4.69, 9.17) is 4.74 Å². The van der Waals surface area contributed by atoms with Crippen LogP contribution in [-0.4, -0.2) is 42.4 Å². The van der Waals surface area contributed by atoms with Gasteiger partial charge in [-0.2, -0.15) is 0 Å². The van der Waals surface area contributed by atoms with Crippen LogP contribution in [0.4, 0.5) is 0 Å². The highest BCUT2D eigenvalue weighted by molar-refractivity contribution is 5.96. The number of aromatic nitrogens is 1. The number of carbonyl (C=O) groups excluding carboxylic acids is 1. The maximum Gasteiger partial charge on any atom is 0.165 e. The highest BCUT2D eigenvalue weighted by Crippen LogP contribution is 2.14. The van der Waals surface area contributed by atoms with Gasteiger partial charge < -0.3 is 9.64 Å². The Morgan fingerprint density at radius 3 is 2.71 bits per heavy atom. The van der Waals surface area contributed by atoms with Gasteiger partial charge in [-0.25, -0.2) is 0 Å². The predicted molar refractivity (Wildman–Crippen MR) is 67.5 cm³/mol. The van der Waals surface area contributed by atoms with Crippen LogP contribution in [0.5, 0.6) is 5.75 Å². The second-order valence-electron chi connectivity index (χ2n) is 4.55. The summed E-state index contributed by atoms with van der Waals surface area (Å²) in [5, 5.41) is 0. The van der Waals surface area contributed by atoms with Gasteiger partial charge >= 0.3 is 0 Å². The SMILES string of the molecule is CC(C)Oc1cncc(C(=O)CCN(C)C)c1. The van der Waals surface area contributed by atoms with E-state index in [-0.39, 0.29) is 11.9 Å². The van der Waals surface area contributed by atoms with Crippen molar-refractivity contribution in [2.75, 3.05) is 20.6 Å². The summed E-state index contributed by atoms with van der Waals surface area (Å²) in [5.74, 6) is 0.746. The smallest absolute Gasteiger partial charge is 0.165 e. The number of hydrogen-bond donors (Lipinski definition) is 0. The Morgan fingerprint density at radius 2 is 2.12 bits per heavy atom. The van der Waals surface area contributed by atoms with Gasteiger partial charge in [-0.15, -0.1) is 0 Å². The summed E-state index contributed by atoms with van der Waals surface area (Å²) in [4.78, 5) is 17.9. The number of rotatable bonds is 6. The van der Waals surface area contributed by atoms with E-state index < -0.39 is 0 Å². The molecule has 0 aliphatic heterocycles. The molecule has 4 nitrogen and oxygen atoms in total. The van der Waals surface area contributed by atoms with Crippen molar-refractivity contribution in [3.05, 3.63) is 24.0 Å². The highest BCUT2D eigenvalue weighted by atomic mass is 16.5. The summed E-state index contributed by atoms with van der Waals surface area (Å²) < 4.78 is 5.51. The Hall–Kier alpha value is -1.42. The van der Waals surface area contributed by atoms with Crippen LogP contribution in [0.1, 0.15) is 30.6 Å². The molecule has 1 heterocycles. The van der Waals surface area contributed by atoms with E-state index >= 15 is 0 Å². The first kappa shape index (κ1) is 13.6. The van der Waals surface area contributed by atoms with Crippen LogP contribution in [-0.2, 0) is 0 Å². The third kappa shape index (κ3) is 4.95. The normalized spacial score (nSPS) is 10.9. The Morgan fingerprint density at radius 1 is 1.41 bits per heavy atom. The Kier molecular flexibility index (Phi) is 5.10. The number of nitrogens with zero attached hydrogens (tertiary/aromatic N) is 2.